The minimum atomic E-state index is 0. The minimum Gasteiger partial charge on any atom is -0.496 e. The molecule has 0 bridgehead atoms. The third-order valence-electron chi connectivity index (χ3n) is 4.86. The Hall–Kier alpha value is -1.75. The first-order valence-electron chi connectivity index (χ1n) is 9.33. The molecule has 2 aromatic rings. The van der Waals surface area contributed by atoms with Gasteiger partial charge in [-0.1, -0.05) is 30.3 Å². The Morgan fingerprint density at radius 3 is 2.22 bits per heavy atom. The van der Waals surface area contributed by atoms with Gasteiger partial charge in [0.2, 0.25) is 0 Å². The number of hydrogen-bond acceptors (Lipinski definition) is 4. The summed E-state index contributed by atoms with van der Waals surface area (Å²) >= 11 is 0. The highest BCUT2D eigenvalue weighted by molar-refractivity contribution is 5.85. The van der Waals surface area contributed by atoms with Crippen molar-refractivity contribution in [3.63, 3.8) is 0 Å². The summed E-state index contributed by atoms with van der Waals surface area (Å²) in [5, 5.41) is 3.52. The van der Waals surface area contributed by atoms with Crippen LogP contribution in [0.1, 0.15) is 48.4 Å². The fraction of sp³-hybridized carbons (Fsp3) is 0.455. The van der Waals surface area contributed by atoms with E-state index in [4.69, 9.17) is 14.2 Å². The van der Waals surface area contributed by atoms with Crippen LogP contribution in [0, 0.1) is 0 Å². The van der Waals surface area contributed by atoms with Crippen molar-refractivity contribution in [3.8, 4) is 11.5 Å². The third-order valence-corrected chi connectivity index (χ3v) is 4.86. The Bertz CT molecular complexity index is 679. The van der Waals surface area contributed by atoms with Crippen LogP contribution in [0.2, 0.25) is 0 Å². The topological polar surface area (TPSA) is 39.7 Å². The van der Waals surface area contributed by atoms with E-state index in [-0.39, 0.29) is 18.4 Å². The highest BCUT2D eigenvalue weighted by Crippen LogP contribution is 2.49. The van der Waals surface area contributed by atoms with E-state index < -0.39 is 0 Å². The number of benzene rings is 2. The Balaban J connectivity index is 0.00000261. The molecule has 1 fully saturated rings. The van der Waals surface area contributed by atoms with Crippen LogP contribution in [0.3, 0.4) is 0 Å². The molecule has 0 radical (unpaired) electrons. The summed E-state index contributed by atoms with van der Waals surface area (Å²) in [7, 11) is 3.47. The third kappa shape index (κ3) is 5.86. The first-order valence-corrected chi connectivity index (χ1v) is 9.33. The van der Waals surface area contributed by atoms with Crippen molar-refractivity contribution in [1.29, 1.82) is 0 Å². The van der Waals surface area contributed by atoms with Gasteiger partial charge in [-0.25, -0.2) is 0 Å². The number of methoxy groups -OCH3 is 2. The van der Waals surface area contributed by atoms with Crippen LogP contribution in [0.15, 0.2) is 42.5 Å². The van der Waals surface area contributed by atoms with Gasteiger partial charge in [0.25, 0.3) is 0 Å². The van der Waals surface area contributed by atoms with Gasteiger partial charge in [-0.2, -0.15) is 0 Å². The zero-order chi connectivity index (χ0) is 18.4. The van der Waals surface area contributed by atoms with Gasteiger partial charge in [0.05, 0.1) is 27.4 Å². The summed E-state index contributed by atoms with van der Waals surface area (Å²) in [6, 6.07) is 14.7. The van der Waals surface area contributed by atoms with E-state index in [1.54, 1.807) is 14.2 Å². The van der Waals surface area contributed by atoms with Gasteiger partial charge in [0, 0.05) is 18.2 Å². The van der Waals surface area contributed by atoms with E-state index in [0.29, 0.717) is 19.1 Å². The van der Waals surface area contributed by atoms with Gasteiger partial charge < -0.3 is 19.5 Å². The molecule has 0 saturated heterocycles. The molecule has 1 atom stereocenters. The zero-order valence-electron chi connectivity index (χ0n) is 16.4. The molecule has 2 aromatic carbocycles. The Morgan fingerprint density at radius 2 is 1.67 bits per heavy atom. The summed E-state index contributed by atoms with van der Waals surface area (Å²) in [5.74, 6) is 2.47. The fourth-order valence-electron chi connectivity index (χ4n) is 3.21. The quantitative estimate of drug-likeness (QED) is 0.586. The molecular weight excluding hydrogens is 362 g/mol. The molecule has 0 unspecified atom stereocenters. The lowest BCUT2D eigenvalue weighted by atomic mass is 10.0. The predicted octanol–water partition coefficient (Wildman–Crippen LogP) is 4.87. The van der Waals surface area contributed by atoms with Crippen molar-refractivity contribution >= 4 is 12.4 Å². The van der Waals surface area contributed by atoms with E-state index in [2.05, 4.69) is 36.5 Å². The number of halogens is 1. The lowest BCUT2D eigenvalue weighted by Gasteiger charge is -2.19. The maximum absolute atomic E-state index is 5.74. The fourth-order valence-corrected chi connectivity index (χ4v) is 3.21. The predicted molar refractivity (Wildman–Crippen MR) is 111 cm³/mol. The first kappa shape index (κ1) is 21.5. The van der Waals surface area contributed by atoms with Gasteiger partial charge in [0.1, 0.15) is 11.5 Å². The van der Waals surface area contributed by atoms with E-state index in [1.807, 2.05) is 18.2 Å². The van der Waals surface area contributed by atoms with E-state index in [1.165, 1.54) is 29.5 Å². The standard InChI is InChI=1S/C22H29NO3.ClH/c1-16(23-11-12-26-15-17-7-5-4-6-8-17)19-13-20(24-2)22(18-9-10-18)21(14-19)25-3;/h4-8,13-14,16,18,23H,9-12,15H2,1-3H3;1H/t16-;/m1./s1. The number of rotatable bonds is 10. The molecule has 1 saturated carbocycles. The average molecular weight is 392 g/mol. The molecule has 0 spiro atoms. The molecule has 5 heteroatoms. The molecule has 1 aliphatic carbocycles. The van der Waals surface area contributed by atoms with Crippen LogP contribution in [-0.4, -0.2) is 27.4 Å². The SMILES string of the molecule is COc1cc([C@@H](C)NCCOCc2ccccc2)cc(OC)c1C1CC1.Cl. The van der Waals surface area contributed by atoms with Gasteiger partial charge in [0.15, 0.2) is 0 Å². The molecule has 0 heterocycles. The summed E-state index contributed by atoms with van der Waals surface area (Å²) in [5.41, 5.74) is 3.59. The van der Waals surface area contributed by atoms with E-state index in [0.717, 1.165) is 18.0 Å². The number of ether oxygens (including phenoxy) is 3. The van der Waals surface area contributed by atoms with Crippen LogP contribution in [0.25, 0.3) is 0 Å². The number of hydrogen-bond donors (Lipinski definition) is 1. The molecule has 0 aromatic heterocycles. The Morgan fingerprint density at radius 1 is 1.04 bits per heavy atom. The molecule has 0 amide bonds. The first-order chi connectivity index (χ1) is 12.7. The van der Waals surface area contributed by atoms with Crippen LogP contribution in [0.4, 0.5) is 0 Å². The molecule has 1 N–H and O–H groups in total. The summed E-state index contributed by atoms with van der Waals surface area (Å²) < 4.78 is 17.0. The van der Waals surface area contributed by atoms with Crippen LogP contribution in [-0.2, 0) is 11.3 Å². The molecule has 1 aliphatic rings. The molecule has 27 heavy (non-hydrogen) atoms. The molecular formula is C22H30ClNO3. The normalized spacial score (nSPS) is 14.3. The van der Waals surface area contributed by atoms with Crippen molar-refractivity contribution in [3.05, 3.63) is 59.2 Å². The Kier molecular flexibility index (Phi) is 8.42. The van der Waals surface area contributed by atoms with Crippen molar-refractivity contribution < 1.29 is 14.2 Å². The lowest BCUT2D eigenvalue weighted by molar-refractivity contribution is 0.121. The zero-order valence-corrected chi connectivity index (χ0v) is 17.2. The van der Waals surface area contributed by atoms with E-state index in [9.17, 15) is 0 Å². The molecule has 148 valence electrons. The second kappa shape index (κ2) is 10.5. The van der Waals surface area contributed by atoms with Crippen LogP contribution < -0.4 is 14.8 Å². The van der Waals surface area contributed by atoms with Crippen LogP contribution in [0.5, 0.6) is 11.5 Å². The second-order valence-electron chi connectivity index (χ2n) is 6.83. The lowest BCUT2D eigenvalue weighted by Crippen LogP contribution is -2.23. The van der Waals surface area contributed by atoms with Gasteiger partial charge in [-0.3, -0.25) is 0 Å². The second-order valence-corrected chi connectivity index (χ2v) is 6.83. The summed E-state index contributed by atoms with van der Waals surface area (Å²) in [6.07, 6.45) is 2.44. The van der Waals surface area contributed by atoms with Crippen LogP contribution >= 0.6 is 12.4 Å². The average Bonchev–Trinajstić information content (AvgIpc) is 3.52. The highest BCUT2D eigenvalue weighted by Gasteiger charge is 2.31. The minimum absolute atomic E-state index is 0. The van der Waals surface area contributed by atoms with Crippen molar-refractivity contribution in [1.82, 2.24) is 5.32 Å². The maximum Gasteiger partial charge on any atom is 0.126 e. The van der Waals surface area contributed by atoms with Gasteiger partial charge in [-0.15, -0.1) is 12.4 Å². The monoisotopic (exact) mass is 391 g/mol. The highest BCUT2D eigenvalue weighted by atomic mass is 35.5. The van der Waals surface area contributed by atoms with Gasteiger partial charge in [-0.05, 0) is 48.9 Å². The van der Waals surface area contributed by atoms with Crippen molar-refractivity contribution in [2.45, 2.75) is 38.3 Å². The smallest absolute Gasteiger partial charge is 0.126 e. The summed E-state index contributed by atoms with van der Waals surface area (Å²) in [6.45, 7) is 4.27. The largest absolute Gasteiger partial charge is 0.496 e. The Labute approximate surface area is 168 Å². The van der Waals surface area contributed by atoms with Gasteiger partial charge >= 0.3 is 0 Å². The van der Waals surface area contributed by atoms with Crippen molar-refractivity contribution in [2.24, 2.45) is 0 Å². The summed E-state index contributed by atoms with van der Waals surface area (Å²) in [4.78, 5) is 0. The molecule has 4 nitrogen and oxygen atoms in total. The number of nitrogens with one attached hydrogen (secondary N) is 1. The van der Waals surface area contributed by atoms with E-state index >= 15 is 0 Å². The van der Waals surface area contributed by atoms with Crippen molar-refractivity contribution in [2.75, 3.05) is 27.4 Å². The molecule has 3 rings (SSSR count). The maximum atomic E-state index is 5.74. The molecule has 0 aliphatic heterocycles.